The molecule has 2 aromatic rings. The fourth-order valence-corrected chi connectivity index (χ4v) is 2.44. The number of methoxy groups -OCH3 is 1. The van der Waals surface area contributed by atoms with Gasteiger partial charge in [0.05, 0.1) is 29.7 Å². The first-order valence-corrected chi connectivity index (χ1v) is 8.00. The molecule has 1 aliphatic heterocycles. The largest absolute Gasteiger partial charge is 0.496 e. The Morgan fingerprint density at radius 2 is 2.09 bits per heavy atom. The Morgan fingerprint density at radius 3 is 2.82 bits per heavy atom. The molecule has 8 heteroatoms. The van der Waals surface area contributed by atoms with Crippen LogP contribution in [0.2, 0.25) is 0 Å². The molecule has 0 spiro atoms. The summed E-state index contributed by atoms with van der Waals surface area (Å²) in [6.45, 7) is 0. The van der Waals surface area contributed by atoms with Crippen molar-refractivity contribution in [2.45, 2.75) is 5.16 Å². The standard InChI is InChI=1S/C14H14N4O3S/c1-18-12-11(8-15-14(16-12)22(3)19)21-13(17-18)9-6-4-5-7-10(9)20-2/h4-8H,1-3H3. The number of hydrogen-bond acceptors (Lipinski definition) is 7. The lowest BCUT2D eigenvalue weighted by Crippen LogP contribution is -2.26. The van der Waals surface area contributed by atoms with E-state index < -0.39 is 10.8 Å². The van der Waals surface area contributed by atoms with Crippen LogP contribution in [0, 0.1) is 0 Å². The summed E-state index contributed by atoms with van der Waals surface area (Å²) < 4.78 is 22.6. The molecule has 1 atom stereocenters. The van der Waals surface area contributed by atoms with Gasteiger partial charge in [0.25, 0.3) is 0 Å². The first-order chi connectivity index (χ1) is 10.6. The zero-order valence-corrected chi connectivity index (χ0v) is 13.1. The normalized spacial score (nSPS) is 14.7. The van der Waals surface area contributed by atoms with Crippen LogP contribution in [0.1, 0.15) is 5.56 Å². The van der Waals surface area contributed by atoms with Crippen molar-refractivity contribution in [2.75, 3.05) is 25.4 Å². The Labute approximate surface area is 130 Å². The van der Waals surface area contributed by atoms with Crippen LogP contribution in [-0.4, -0.2) is 40.5 Å². The third-order valence-corrected chi connectivity index (χ3v) is 3.77. The fourth-order valence-electron chi connectivity index (χ4n) is 2.03. The third kappa shape index (κ3) is 2.52. The maximum absolute atomic E-state index is 11.5. The molecule has 0 radical (unpaired) electrons. The summed E-state index contributed by atoms with van der Waals surface area (Å²) >= 11 is 0. The van der Waals surface area contributed by atoms with Crippen LogP contribution in [0.5, 0.6) is 11.5 Å². The monoisotopic (exact) mass is 318 g/mol. The Hall–Kier alpha value is -2.48. The number of hydrazone groups is 1. The summed E-state index contributed by atoms with van der Waals surface area (Å²) in [5.41, 5.74) is 0.727. The lowest BCUT2D eigenvalue weighted by Gasteiger charge is -2.23. The number of para-hydroxylation sites is 1. The SMILES string of the molecule is COc1ccccc1C1=NN(C)c2nc(S(C)=O)ncc2O1. The average molecular weight is 318 g/mol. The summed E-state index contributed by atoms with van der Waals surface area (Å²) in [7, 11) is 2.07. The van der Waals surface area contributed by atoms with Crippen molar-refractivity contribution in [1.29, 1.82) is 0 Å². The smallest absolute Gasteiger partial charge is 0.248 e. The predicted octanol–water partition coefficient (Wildman–Crippen LogP) is 1.41. The van der Waals surface area contributed by atoms with Crippen LogP contribution in [0.15, 0.2) is 40.7 Å². The first kappa shape index (κ1) is 14.5. The predicted molar refractivity (Wildman–Crippen MR) is 82.9 cm³/mol. The fraction of sp³-hybridized carbons (Fsp3) is 0.214. The van der Waals surface area contributed by atoms with E-state index in [1.165, 1.54) is 12.5 Å². The topological polar surface area (TPSA) is 76.9 Å². The highest BCUT2D eigenvalue weighted by Gasteiger charge is 2.24. The van der Waals surface area contributed by atoms with Crippen molar-refractivity contribution in [3.8, 4) is 11.5 Å². The molecule has 0 fully saturated rings. The highest BCUT2D eigenvalue weighted by molar-refractivity contribution is 7.84. The van der Waals surface area contributed by atoms with E-state index in [-0.39, 0.29) is 5.16 Å². The van der Waals surface area contributed by atoms with Gasteiger partial charge in [-0.05, 0) is 12.1 Å². The lowest BCUT2D eigenvalue weighted by molar-refractivity contribution is 0.411. The third-order valence-electron chi connectivity index (χ3n) is 3.06. The molecule has 0 amide bonds. The van der Waals surface area contributed by atoms with Crippen LogP contribution in [0.3, 0.4) is 0 Å². The van der Waals surface area contributed by atoms with Crippen LogP contribution < -0.4 is 14.5 Å². The lowest BCUT2D eigenvalue weighted by atomic mass is 10.2. The Bertz CT molecular complexity index is 778. The van der Waals surface area contributed by atoms with E-state index in [9.17, 15) is 4.21 Å². The molecule has 114 valence electrons. The van der Waals surface area contributed by atoms with Gasteiger partial charge >= 0.3 is 0 Å². The number of fused-ring (bicyclic) bond motifs is 1. The molecule has 0 N–H and O–H groups in total. The van der Waals surface area contributed by atoms with Crippen LogP contribution in [0.25, 0.3) is 0 Å². The van der Waals surface area contributed by atoms with Crippen LogP contribution in [0.4, 0.5) is 5.82 Å². The van der Waals surface area contributed by atoms with E-state index in [2.05, 4.69) is 15.1 Å². The number of anilines is 1. The first-order valence-electron chi connectivity index (χ1n) is 6.44. The van der Waals surface area contributed by atoms with Gasteiger partial charge in [-0.3, -0.25) is 4.21 Å². The van der Waals surface area contributed by atoms with E-state index in [1.807, 2.05) is 24.3 Å². The van der Waals surface area contributed by atoms with E-state index in [4.69, 9.17) is 9.47 Å². The molecule has 1 unspecified atom stereocenters. The summed E-state index contributed by atoms with van der Waals surface area (Å²) in [5, 5.41) is 6.17. The van der Waals surface area contributed by atoms with E-state index in [0.717, 1.165) is 5.56 Å². The number of ether oxygens (including phenoxy) is 2. The molecule has 1 aliphatic rings. The Balaban J connectivity index is 2.02. The van der Waals surface area contributed by atoms with Crippen molar-refractivity contribution < 1.29 is 13.7 Å². The molecule has 2 heterocycles. The molecule has 1 aromatic carbocycles. The zero-order valence-electron chi connectivity index (χ0n) is 12.3. The molecular weight excluding hydrogens is 304 g/mol. The molecule has 7 nitrogen and oxygen atoms in total. The Morgan fingerprint density at radius 1 is 1.32 bits per heavy atom. The van der Waals surface area contributed by atoms with Crippen molar-refractivity contribution in [2.24, 2.45) is 5.10 Å². The van der Waals surface area contributed by atoms with Gasteiger partial charge in [0.1, 0.15) is 5.75 Å². The molecule has 0 saturated heterocycles. The van der Waals surface area contributed by atoms with Gasteiger partial charge in [-0.2, -0.15) is 4.98 Å². The Kier molecular flexibility index (Phi) is 3.76. The second kappa shape index (κ2) is 5.72. The number of hydrogen-bond donors (Lipinski definition) is 0. The minimum Gasteiger partial charge on any atom is -0.496 e. The maximum Gasteiger partial charge on any atom is 0.248 e. The van der Waals surface area contributed by atoms with Gasteiger partial charge in [0.15, 0.2) is 11.6 Å². The molecule has 0 aliphatic carbocycles. The van der Waals surface area contributed by atoms with Gasteiger partial charge in [-0.15, -0.1) is 5.10 Å². The van der Waals surface area contributed by atoms with Crippen molar-refractivity contribution in [3.05, 3.63) is 36.0 Å². The minimum atomic E-state index is -1.26. The van der Waals surface area contributed by atoms with Crippen molar-refractivity contribution in [1.82, 2.24) is 9.97 Å². The second-order valence-corrected chi connectivity index (χ2v) is 5.80. The van der Waals surface area contributed by atoms with Crippen LogP contribution in [-0.2, 0) is 10.8 Å². The van der Waals surface area contributed by atoms with E-state index >= 15 is 0 Å². The van der Waals surface area contributed by atoms with Gasteiger partial charge in [0, 0.05) is 13.3 Å². The molecule has 3 rings (SSSR count). The number of benzene rings is 1. The second-order valence-electron chi connectivity index (χ2n) is 4.53. The zero-order chi connectivity index (χ0) is 15.7. The van der Waals surface area contributed by atoms with Crippen LogP contribution >= 0.6 is 0 Å². The number of rotatable bonds is 3. The summed E-state index contributed by atoms with van der Waals surface area (Å²) in [6, 6.07) is 7.43. The average Bonchev–Trinajstić information content (AvgIpc) is 2.54. The quantitative estimate of drug-likeness (QED) is 0.797. The molecule has 22 heavy (non-hydrogen) atoms. The summed E-state index contributed by atoms with van der Waals surface area (Å²) in [6.07, 6.45) is 3.02. The number of aromatic nitrogens is 2. The maximum atomic E-state index is 11.5. The van der Waals surface area contributed by atoms with E-state index in [0.29, 0.717) is 23.2 Å². The molecule has 1 aromatic heterocycles. The molecule has 0 saturated carbocycles. The van der Waals surface area contributed by atoms with Gasteiger partial charge < -0.3 is 9.47 Å². The van der Waals surface area contributed by atoms with Gasteiger partial charge in [-0.1, -0.05) is 12.1 Å². The molecular formula is C14H14N4O3S. The van der Waals surface area contributed by atoms with Gasteiger partial charge in [-0.25, -0.2) is 9.99 Å². The summed E-state index contributed by atoms with van der Waals surface area (Å²) in [5.74, 6) is 1.97. The van der Waals surface area contributed by atoms with Crippen molar-refractivity contribution in [3.63, 3.8) is 0 Å². The van der Waals surface area contributed by atoms with E-state index in [1.54, 1.807) is 19.2 Å². The highest BCUT2D eigenvalue weighted by Crippen LogP contribution is 2.31. The number of nitrogens with zero attached hydrogens (tertiary/aromatic N) is 4. The molecule has 0 bridgehead atoms. The van der Waals surface area contributed by atoms with Crippen molar-refractivity contribution >= 4 is 22.5 Å². The minimum absolute atomic E-state index is 0.241. The van der Waals surface area contributed by atoms with Gasteiger partial charge in [0.2, 0.25) is 11.1 Å². The summed E-state index contributed by atoms with van der Waals surface area (Å²) in [4.78, 5) is 8.26. The highest BCUT2D eigenvalue weighted by atomic mass is 32.2.